The van der Waals surface area contributed by atoms with Crippen LogP contribution in [0.2, 0.25) is 0 Å². The summed E-state index contributed by atoms with van der Waals surface area (Å²) in [4.78, 5) is 14.1. The summed E-state index contributed by atoms with van der Waals surface area (Å²) in [6.45, 7) is 6.85. The van der Waals surface area contributed by atoms with Gasteiger partial charge in [0, 0.05) is 24.7 Å². The van der Waals surface area contributed by atoms with E-state index < -0.39 is 0 Å². The van der Waals surface area contributed by atoms with E-state index in [2.05, 4.69) is 39.2 Å². The number of aromatic nitrogens is 3. The largest absolute Gasteiger partial charge is 0.315 e. The first kappa shape index (κ1) is 22.7. The summed E-state index contributed by atoms with van der Waals surface area (Å²) in [5.74, 6) is 0. The Morgan fingerprint density at radius 1 is 1.03 bits per heavy atom. The van der Waals surface area contributed by atoms with Gasteiger partial charge in [0.25, 0.3) is 5.56 Å². The Bertz CT molecular complexity index is 1390. The molecule has 0 spiro atoms. The van der Waals surface area contributed by atoms with Crippen molar-refractivity contribution in [3.63, 3.8) is 0 Å². The van der Waals surface area contributed by atoms with Gasteiger partial charge in [0.15, 0.2) is 0 Å². The van der Waals surface area contributed by atoms with Crippen molar-refractivity contribution in [3.8, 4) is 16.9 Å². The van der Waals surface area contributed by atoms with Gasteiger partial charge in [-0.1, -0.05) is 61.9 Å². The van der Waals surface area contributed by atoms with Crippen LogP contribution in [0.5, 0.6) is 0 Å². The molecule has 170 valence electrons. The number of nitrogens with zero attached hydrogens (tertiary/aromatic N) is 5. The van der Waals surface area contributed by atoms with Crippen LogP contribution >= 0.6 is 11.3 Å². The Morgan fingerprint density at radius 3 is 2.36 bits per heavy atom. The normalized spacial score (nSPS) is 12.5. The summed E-state index contributed by atoms with van der Waals surface area (Å²) in [6, 6.07) is 20.0. The molecule has 4 rings (SSSR count). The Labute approximate surface area is 197 Å². The third-order valence-electron chi connectivity index (χ3n) is 5.80. The second-order valence-corrected chi connectivity index (χ2v) is 8.83. The van der Waals surface area contributed by atoms with Gasteiger partial charge in [-0.15, -0.1) is 16.4 Å². The number of benzene rings is 2. The molecule has 0 N–H and O–H groups in total. The molecule has 33 heavy (non-hydrogen) atoms. The molecule has 0 saturated heterocycles. The number of thiazole rings is 1. The topological polar surface area (TPSA) is 56.6 Å². The standard InChI is InChI=1S/C26H29N5OS/c1-5-6-17-30-23(21-13-9-7-10-14-21)18-33-26(30)28-27-19(2)24-20(3)29(4)31(25(24)32)22-15-11-8-12-16-22/h7-16,18H,5-6,17H2,1-4H3/b27-19+,28-26+. The molecule has 0 aliphatic heterocycles. The summed E-state index contributed by atoms with van der Waals surface area (Å²) in [7, 11) is 1.89. The van der Waals surface area contributed by atoms with Gasteiger partial charge < -0.3 is 4.57 Å². The maximum absolute atomic E-state index is 13.3. The zero-order valence-corrected chi connectivity index (χ0v) is 20.3. The monoisotopic (exact) mass is 459 g/mol. The second kappa shape index (κ2) is 10.0. The van der Waals surface area contributed by atoms with E-state index >= 15 is 0 Å². The molecule has 6 nitrogen and oxygen atoms in total. The summed E-state index contributed by atoms with van der Waals surface area (Å²) in [6.07, 6.45) is 2.16. The first-order valence-corrected chi connectivity index (χ1v) is 12.1. The third kappa shape index (κ3) is 4.54. The predicted molar refractivity (Wildman–Crippen MR) is 136 cm³/mol. The maximum atomic E-state index is 13.3. The zero-order valence-electron chi connectivity index (χ0n) is 19.5. The van der Waals surface area contributed by atoms with Crippen LogP contribution in [0.3, 0.4) is 0 Å². The van der Waals surface area contributed by atoms with Crippen molar-refractivity contribution in [3.05, 3.63) is 92.5 Å². The van der Waals surface area contributed by atoms with Crippen LogP contribution in [0.25, 0.3) is 16.9 Å². The SMILES string of the molecule is CCCCn1c(-c2ccccc2)cs/c1=N/N=C(\C)c1c(C)n(C)n(-c2ccccc2)c1=O. The molecule has 2 heterocycles. The smallest absolute Gasteiger partial charge is 0.280 e. The number of unbranched alkanes of at least 4 members (excludes halogenated alkanes) is 1. The molecular formula is C26H29N5OS. The fourth-order valence-corrected chi connectivity index (χ4v) is 4.82. The molecule has 0 aliphatic rings. The van der Waals surface area contributed by atoms with Crippen LogP contribution in [0, 0.1) is 6.92 Å². The lowest BCUT2D eigenvalue weighted by atomic mass is 10.2. The molecule has 0 atom stereocenters. The van der Waals surface area contributed by atoms with Gasteiger partial charge in [0.05, 0.1) is 22.7 Å². The highest BCUT2D eigenvalue weighted by Crippen LogP contribution is 2.20. The number of hydrogen-bond donors (Lipinski definition) is 0. The number of hydrogen-bond acceptors (Lipinski definition) is 4. The molecule has 0 saturated carbocycles. The molecular weight excluding hydrogens is 430 g/mol. The Balaban J connectivity index is 1.78. The second-order valence-electron chi connectivity index (χ2n) is 8.00. The van der Waals surface area contributed by atoms with E-state index in [0.29, 0.717) is 11.3 Å². The molecule has 0 amide bonds. The summed E-state index contributed by atoms with van der Waals surface area (Å²) in [5.41, 5.74) is 5.10. The summed E-state index contributed by atoms with van der Waals surface area (Å²) in [5, 5.41) is 11.2. The lowest BCUT2D eigenvalue weighted by Crippen LogP contribution is -2.22. The Hall–Kier alpha value is -3.45. The third-order valence-corrected chi connectivity index (χ3v) is 6.66. The molecule has 0 fully saturated rings. The van der Waals surface area contributed by atoms with E-state index in [1.807, 2.05) is 74.1 Å². The van der Waals surface area contributed by atoms with Crippen molar-refractivity contribution in [1.82, 2.24) is 13.9 Å². The van der Waals surface area contributed by atoms with E-state index in [-0.39, 0.29) is 5.56 Å². The van der Waals surface area contributed by atoms with Crippen LogP contribution < -0.4 is 10.4 Å². The summed E-state index contributed by atoms with van der Waals surface area (Å²) < 4.78 is 5.76. The van der Waals surface area contributed by atoms with Crippen LogP contribution in [0.4, 0.5) is 0 Å². The summed E-state index contributed by atoms with van der Waals surface area (Å²) >= 11 is 1.57. The first-order chi connectivity index (χ1) is 16.0. The molecule has 2 aromatic carbocycles. The number of rotatable bonds is 7. The van der Waals surface area contributed by atoms with E-state index in [1.165, 1.54) is 0 Å². The Morgan fingerprint density at radius 2 is 1.70 bits per heavy atom. The average Bonchev–Trinajstić information content (AvgIpc) is 3.34. The quantitative estimate of drug-likeness (QED) is 0.279. The fraction of sp³-hybridized carbons (Fsp3) is 0.269. The van der Waals surface area contributed by atoms with Crippen molar-refractivity contribution in [2.75, 3.05) is 0 Å². The average molecular weight is 460 g/mol. The van der Waals surface area contributed by atoms with Crippen molar-refractivity contribution in [1.29, 1.82) is 0 Å². The van der Waals surface area contributed by atoms with Gasteiger partial charge in [0.1, 0.15) is 0 Å². The van der Waals surface area contributed by atoms with Crippen LogP contribution in [0.15, 0.2) is 81.0 Å². The van der Waals surface area contributed by atoms with Crippen molar-refractivity contribution < 1.29 is 0 Å². The van der Waals surface area contributed by atoms with Crippen molar-refractivity contribution >= 4 is 17.0 Å². The molecule has 0 aliphatic carbocycles. The van der Waals surface area contributed by atoms with E-state index in [9.17, 15) is 4.79 Å². The highest BCUT2D eigenvalue weighted by Gasteiger charge is 2.18. The highest BCUT2D eigenvalue weighted by atomic mass is 32.1. The van der Waals surface area contributed by atoms with Crippen LogP contribution in [-0.4, -0.2) is 19.6 Å². The highest BCUT2D eigenvalue weighted by molar-refractivity contribution is 7.07. The minimum Gasteiger partial charge on any atom is -0.315 e. The molecule has 0 bridgehead atoms. The number of para-hydroxylation sites is 1. The van der Waals surface area contributed by atoms with E-state index in [1.54, 1.807) is 16.0 Å². The molecule has 7 heteroatoms. The van der Waals surface area contributed by atoms with Gasteiger partial charge in [-0.05, 0) is 38.0 Å². The fourth-order valence-electron chi connectivity index (χ4n) is 3.93. The van der Waals surface area contributed by atoms with E-state index in [0.717, 1.165) is 46.8 Å². The zero-order chi connectivity index (χ0) is 23.4. The van der Waals surface area contributed by atoms with Crippen LogP contribution in [-0.2, 0) is 13.6 Å². The van der Waals surface area contributed by atoms with Gasteiger partial charge in [-0.2, -0.15) is 5.10 Å². The van der Waals surface area contributed by atoms with E-state index in [4.69, 9.17) is 0 Å². The minimum atomic E-state index is -0.0901. The van der Waals surface area contributed by atoms with Gasteiger partial charge in [0.2, 0.25) is 4.80 Å². The van der Waals surface area contributed by atoms with Crippen molar-refractivity contribution in [2.45, 2.75) is 40.2 Å². The minimum absolute atomic E-state index is 0.0901. The van der Waals surface area contributed by atoms with Crippen molar-refractivity contribution in [2.24, 2.45) is 17.3 Å². The molecule has 0 radical (unpaired) electrons. The lowest BCUT2D eigenvalue weighted by molar-refractivity contribution is 0.620. The van der Waals surface area contributed by atoms with Gasteiger partial charge in [-0.3, -0.25) is 9.48 Å². The molecule has 2 aromatic heterocycles. The molecule has 4 aromatic rings. The molecule has 0 unspecified atom stereocenters. The van der Waals surface area contributed by atoms with Gasteiger partial charge in [-0.25, -0.2) is 4.68 Å². The maximum Gasteiger partial charge on any atom is 0.280 e. The first-order valence-electron chi connectivity index (χ1n) is 11.2. The van der Waals surface area contributed by atoms with Gasteiger partial charge >= 0.3 is 0 Å². The lowest BCUT2D eigenvalue weighted by Gasteiger charge is -2.08. The van der Waals surface area contributed by atoms with Crippen LogP contribution in [0.1, 0.15) is 37.9 Å². The Kier molecular flexibility index (Phi) is 6.89. The predicted octanol–water partition coefficient (Wildman–Crippen LogP) is 5.14.